The molecule has 0 radical (unpaired) electrons. The lowest BCUT2D eigenvalue weighted by molar-refractivity contribution is -0.149. The van der Waals surface area contributed by atoms with Gasteiger partial charge in [-0.2, -0.15) is 0 Å². The van der Waals surface area contributed by atoms with E-state index in [2.05, 4.69) is 10.6 Å². The fourth-order valence-electron chi connectivity index (χ4n) is 3.30. The quantitative estimate of drug-likeness (QED) is 0.452. The van der Waals surface area contributed by atoms with E-state index in [1.807, 2.05) is 55.5 Å². The van der Waals surface area contributed by atoms with Crippen LogP contribution in [0.25, 0.3) is 0 Å². The molecule has 0 aliphatic rings. The van der Waals surface area contributed by atoms with E-state index in [0.29, 0.717) is 10.6 Å². The smallest absolute Gasteiger partial charge is 0.308 e. The first-order chi connectivity index (χ1) is 15.9. The largest absolute Gasteiger partial charge is 0.456 e. The Balaban J connectivity index is 1.59. The van der Waals surface area contributed by atoms with Crippen LogP contribution in [0.2, 0.25) is 5.02 Å². The second-order valence-electron chi connectivity index (χ2n) is 7.48. The number of esters is 1. The normalized spacial score (nSPS) is 12.3. The molecule has 0 aliphatic heterocycles. The second kappa shape index (κ2) is 11.8. The van der Waals surface area contributed by atoms with Gasteiger partial charge in [-0.25, -0.2) is 0 Å². The molecule has 0 spiro atoms. The van der Waals surface area contributed by atoms with Gasteiger partial charge in [0.25, 0.3) is 11.8 Å². The number of rotatable bonds is 9. The van der Waals surface area contributed by atoms with E-state index in [-0.39, 0.29) is 12.5 Å². The van der Waals surface area contributed by atoms with Crippen LogP contribution in [0.15, 0.2) is 84.9 Å². The predicted octanol–water partition coefficient (Wildman–Crippen LogP) is 4.62. The average Bonchev–Trinajstić information content (AvgIpc) is 2.83. The Morgan fingerprint density at radius 1 is 0.818 bits per heavy atom. The third kappa shape index (κ3) is 7.19. The summed E-state index contributed by atoms with van der Waals surface area (Å²) in [6.07, 6.45) is -0.137. The fourth-order valence-corrected chi connectivity index (χ4v) is 3.52. The highest BCUT2D eigenvalue weighted by molar-refractivity contribution is 6.33. The summed E-state index contributed by atoms with van der Waals surface area (Å²) in [5.74, 6) is -1.42. The molecule has 2 atom stereocenters. The number of benzene rings is 3. The third-order valence-electron chi connectivity index (χ3n) is 5.04. The van der Waals surface area contributed by atoms with E-state index >= 15 is 0 Å². The molecule has 0 aliphatic carbocycles. The number of hydrogen-bond donors (Lipinski definition) is 2. The Labute approximate surface area is 197 Å². The maximum absolute atomic E-state index is 12.7. The number of nitrogens with one attached hydrogen (secondary N) is 2. The minimum absolute atomic E-state index is 0.137. The van der Waals surface area contributed by atoms with Gasteiger partial charge in [0, 0.05) is 0 Å². The minimum Gasteiger partial charge on any atom is -0.456 e. The average molecular weight is 465 g/mol. The lowest BCUT2D eigenvalue weighted by Gasteiger charge is -2.19. The van der Waals surface area contributed by atoms with Gasteiger partial charge < -0.3 is 15.4 Å². The molecule has 0 saturated heterocycles. The molecular weight excluding hydrogens is 440 g/mol. The first kappa shape index (κ1) is 24.0. The van der Waals surface area contributed by atoms with Crippen molar-refractivity contribution in [1.29, 1.82) is 0 Å². The molecule has 7 heteroatoms. The zero-order valence-corrected chi connectivity index (χ0v) is 18.9. The summed E-state index contributed by atoms with van der Waals surface area (Å²) < 4.78 is 5.18. The van der Waals surface area contributed by atoms with Crippen LogP contribution < -0.4 is 10.6 Å². The monoisotopic (exact) mass is 464 g/mol. The van der Waals surface area contributed by atoms with Gasteiger partial charge in [-0.1, -0.05) is 84.4 Å². The number of amides is 2. The Morgan fingerprint density at radius 3 is 2.03 bits per heavy atom. The molecule has 2 amide bonds. The molecule has 0 saturated carbocycles. The standard InChI is InChI=1S/C26H25ClN2O4/c1-18(19-10-4-2-5-11-19)28-24(30)17-33-25(31)16-23(20-12-6-3-7-13-20)29-26(32)21-14-8-9-15-22(21)27/h2-15,18,23H,16-17H2,1H3,(H,28,30)(H,29,32). The SMILES string of the molecule is CC(NC(=O)COC(=O)CC(NC(=O)c1ccccc1Cl)c1ccccc1)c1ccccc1. The molecule has 3 rings (SSSR count). The maximum Gasteiger partial charge on any atom is 0.308 e. The van der Waals surface area contributed by atoms with Crippen molar-refractivity contribution in [2.45, 2.75) is 25.4 Å². The number of ether oxygens (including phenoxy) is 1. The molecule has 0 fully saturated rings. The highest BCUT2D eigenvalue weighted by atomic mass is 35.5. The van der Waals surface area contributed by atoms with Crippen LogP contribution >= 0.6 is 11.6 Å². The van der Waals surface area contributed by atoms with Gasteiger partial charge in [0.1, 0.15) is 0 Å². The number of carbonyl (C=O) groups is 3. The summed E-state index contributed by atoms with van der Waals surface area (Å²) in [6, 6.07) is 24.4. The van der Waals surface area contributed by atoms with E-state index in [9.17, 15) is 14.4 Å². The lowest BCUT2D eigenvalue weighted by Crippen LogP contribution is -2.33. The predicted molar refractivity (Wildman–Crippen MR) is 127 cm³/mol. The first-order valence-electron chi connectivity index (χ1n) is 10.5. The third-order valence-corrected chi connectivity index (χ3v) is 5.37. The fraction of sp³-hybridized carbons (Fsp3) is 0.192. The van der Waals surface area contributed by atoms with Crippen molar-refractivity contribution in [2.24, 2.45) is 0 Å². The van der Waals surface area contributed by atoms with Crippen LogP contribution in [0.5, 0.6) is 0 Å². The van der Waals surface area contributed by atoms with Gasteiger partial charge in [-0.15, -0.1) is 0 Å². The zero-order valence-electron chi connectivity index (χ0n) is 18.2. The highest BCUT2D eigenvalue weighted by Gasteiger charge is 2.22. The molecule has 170 valence electrons. The van der Waals surface area contributed by atoms with Crippen molar-refractivity contribution >= 4 is 29.4 Å². The molecule has 3 aromatic carbocycles. The number of carbonyl (C=O) groups excluding carboxylic acids is 3. The van der Waals surface area contributed by atoms with E-state index < -0.39 is 30.4 Å². The van der Waals surface area contributed by atoms with Crippen molar-refractivity contribution < 1.29 is 19.1 Å². The summed E-state index contributed by atoms with van der Waals surface area (Å²) in [4.78, 5) is 37.4. The van der Waals surface area contributed by atoms with Gasteiger partial charge in [0.05, 0.1) is 29.1 Å². The summed E-state index contributed by atoms with van der Waals surface area (Å²) >= 11 is 6.13. The summed E-state index contributed by atoms with van der Waals surface area (Å²) in [5, 5.41) is 5.95. The molecular formula is C26H25ClN2O4. The van der Waals surface area contributed by atoms with Crippen molar-refractivity contribution in [3.8, 4) is 0 Å². The molecule has 2 N–H and O–H groups in total. The van der Waals surface area contributed by atoms with Gasteiger partial charge in [-0.05, 0) is 30.2 Å². The molecule has 3 aromatic rings. The van der Waals surface area contributed by atoms with Gasteiger partial charge in [-0.3, -0.25) is 14.4 Å². The molecule has 2 unspecified atom stereocenters. The summed E-state index contributed by atoms with van der Waals surface area (Å²) in [6.45, 7) is 1.45. The molecule has 33 heavy (non-hydrogen) atoms. The molecule has 6 nitrogen and oxygen atoms in total. The van der Waals surface area contributed by atoms with Crippen LogP contribution in [0.1, 0.15) is 46.9 Å². The van der Waals surface area contributed by atoms with Gasteiger partial charge in [0.2, 0.25) is 0 Å². The first-order valence-corrected chi connectivity index (χ1v) is 10.9. The minimum atomic E-state index is -0.645. The molecule has 0 aromatic heterocycles. The van der Waals surface area contributed by atoms with Crippen LogP contribution in [0.3, 0.4) is 0 Å². The zero-order chi connectivity index (χ0) is 23.6. The Bertz CT molecular complexity index is 1090. The lowest BCUT2D eigenvalue weighted by atomic mass is 10.0. The Kier molecular flexibility index (Phi) is 8.61. The van der Waals surface area contributed by atoms with Crippen molar-refractivity contribution in [2.75, 3.05) is 6.61 Å². The topological polar surface area (TPSA) is 84.5 Å². The second-order valence-corrected chi connectivity index (χ2v) is 7.89. The Hall–Kier alpha value is -3.64. The van der Waals surface area contributed by atoms with Crippen LogP contribution in [-0.2, 0) is 14.3 Å². The summed E-state index contributed by atoms with van der Waals surface area (Å²) in [7, 11) is 0. The number of halogens is 1. The molecule has 0 heterocycles. The van der Waals surface area contributed by atoms with E-state index in [4.69, 9.17) is 16.3 Å². The van der Waals surface area contributed by atoms with Gasteiger partial charge in [0.15, 0.2) is 6.61 Å². The van der Waals surface area contributed by atoms with Crippen LogP contribution in [0.4, 0.5) is 0 Å². The van der Waals surface area contributed by atoms with Crippen molar-refractivity contribution in [1.82, 2.24) is 10.6 Å². The van der Waals surface area contributed by atoms with Crippen molar-refractivity contribution in [3.05, 3.63) is 107 Å². The van der Waals surface area contributed by atoms with Gasteiger partial charge >= 0.3 is 5.97 Å². The highest BCUT2D eigenvalue weighted by Crippen LogP contribution is 2.21. The summed E-state index contributed by atoms with van der Waals surface area (Å²) in [5.41, 5.74) is 1.99. The Morgan fingerprint density at radius 2 is 1.39 bits per heavy atom. The van der Waals surface area contributed by atoms with E-state index in [1.54, 1.807) is 36.4 Å². The van der Waals surface area contributed by atoms with Crippen LogP contribution in [-0.4, -0.2) is 24.4 Å². The van der Waals surface area contributed by atoms with Crippen LogP contribution in [0, 0.1) is 0 Å². The maximum atomic E-state index is 12.7. The van der Waals surface area contributed by atoms with Crippen molar-refractivity contribution in [3.63, 3.8) is 0 Å². The molecule has 0 bridgehead atoms. The number of hydrogen-bond acceptors (Lipinski definition) is 4. The van der Waals surface area contributed by atoms with E-state index in [0.717, 1.165) is 11.1 Å². The van der Waals surface area contributed by atoms with E-state index in [1.165, 1.54) is 0 Å².